The summed E-state index contributed by atoms with van der Waals surface area (Å²) >= 11 is 0. The van der Waals surface area contributed by atoms with Gasteiger partial charge in [0.1, 0.15) is 0 Å². The van der Waals surface area contributed by atoms with E-state index in [9.17, 15) is 14.4 Å². The highest BCUT2D eigenvalue weighted by Crippen LogP contribution is 2.16. The van der Waals surface area contributed by atoms with Gasteiger partial charge in [0.25, 0.3) is 11.8 Å². The van der Waals surface area contributed by atoms with E-state index >= 15 is 0 Å². The monoisotopic (exact) mass is 244 g/mol. The highest BCUT2D eigenvalue weighted by molar-refractivity contribution is 6.20. The van der Waals surface area contributed by atoms with Crippen LogP contribution in [-0.4, -0.2) is 17.7 Å². The molecule has 5 nitrogen and oxygen atoms in total. The molecule has 1 aromatic carbocycles. The minimum Gasteiger partial charge on any atom is -0.326 e. The van der Waals surface area contributed by atoms with Crippen molar-refractivity contribution >= 4 is 23.4 Å². The van der Waals surface area contributed by atoms with Crippen molar-refractivity contribution in [1.29, 1.82) is 0 Å². The molecule has 92 valence electrons. The topological polar surface area (TPSA) is 75.3 Å². The number of rotatable bonds is 3. The molecule has 1 heterocycles. The Morgan fingerprint density at radius 3 is 2.39 bits per heavy atom. The van der Waals surface area contributed by atoms with Crippen LogP contribution in [0.15, 0.2) is 41.5 Å². The zero-order valence-electron chi connectivity index (χ0n) is 9.82. The van der Waals surface area contributed by atoms with Crippen LogP contribution in [0.2, 0.25) is 0 Å². The van der Waals surface area contributed by atoms with Crippen LogP contribution in [0, 0.1) is 0 Å². The first-order chi connectivity index (χ1) is 8.58. The van der Waals surface area contributed by atoms with Crippen molar-refractivity contribution in [1.82, 2.24) is 5.32 Å². The van der Waals surface area contributed by atoms with Crippen molar-refractivity contribution in [2.24, 2.45) is 0 Å². The Hall–Kier alpha value is -2.43. The molecule has 0 unspecified atom stereocenters. The number of imide groups is 1. The molecule has 0 saturated heterocycles. The van der Waals surface area contributed by atoms with Gasteiger partial charge in [-0.1, -0.05) is 18.2 Å². The van der Waals surface area contributed by atoms with Gasteiger partial charge in [0.05, 0.1) is 6.42 Å². The summed E-state index contributed by atoms with van der Waals surface area (Å²) in [6, 6.07) is 8.93. The molecule has 1 aliphatic rings. The fraction of sp³-hybridized carbons (Fsp3) is 0.154. The van der Waals surface area contributed by atoms with Crippen molar-refractivity contribution in [2.75, 3.05) is 5.32 Å². The lowest BCUT2D eigenvalue weighted by Crippen LogP contribution is -2.24. The summed E-state index contributed by atoms with van der Waals surface area (Å²) in [4.78, 5) is 34.4. The molecule has 1 aliphatic heterocycles. The van der Waals surface area contributed by atoms with E-state index in [2.05, 4.69) is 10.6 Å². The van der Waals surface area contributed by atoms with Crippen molar-refractivity contribution in [3.05, 3.63) is 41.5 Å². The lowest BCUT2D eigenvalue weighted by Gasteiger charge is -2.04. The molecule has 5 heteroatoms. The lowest BCUT2D eigenvalue weighted by molar-refractivity contribution is -0.125. The van der Waals surface area contributed by atoms with Gasteiger partial charge in [-0.15, -0.1) is 0 Å². The van der Waals surface area contributed by atoms with Crippen LogP contribution in [0.4, 0.5) is 5.69 Å². The molecule has 0 bridgehead atoms. The number of nitrogens with one attached hydrogen (secondary N) is 2. The highest BCUT2D eigenvalue weighted by Gasteiger charge is 2.28. The first-order valence-electron chi connectivity index (χ1n) is 5.48. The Bertz CT molecular complexity index is 547. The van der Waals surface area contributed by atoms with E-state index in [0.29, 0.717) is 11.3 Å². The van der Waals surface area contributed by atoms with Crippen molar-refractivity contribution in [3.63, 3.8) is 0 Å². The smallest absolute Gasteiger partial charge is 0.255 e. The van der Waals surface area contributed by atoms with E-state index < -0.39 is 11.8 Å². The van der Waals surface area contributed by atoms with E-state index in [-0.39, 0.29) is 17.9 Å². The molecule has 0 aliphatic carbocycles. The fourth-order valence-corrected chi connectivity index (χ4v) is 1.68. The Balaban J connectivity index is 2.05. The SMILES string of the molecule is CC1=C(CC(=O)Nc2ccccc2)C(=O)NC1=O. The third kappa shape index (κ3) is 2.45. The largest absolute Gasteiger partial charge is 0.326 e. The third-order valence-electron chi connectivity index (χ3n) is 2.69. The number of amides is 3. The fourth-order valence-electron chi connectivity index (χ4n) is 1.68. The summed E-state index contributed by atoms with van der Waals surface area (Å²) in [5.41, 5.74) is 1.20. The quantitative estimate of drug-likeness (QED) is 0.778. The Labute approximate surface area is 104 Å². The number of benzene rings is 1. The predicted molar refractivity (Wildman–Crippen MR) is 65.5 cm³/mol. The molecule has 0 saturated carbocycles. The van der Waals surface area contributed by atoms with Crippen LogP contribution in [0.25, 0.3) is 0 Å². The minimum atomic E-state index is -0.485. The number of carbonyl (C=O) groups is 3. The molecular weight excluding hydrogens is 232 g/mol. The summed E-state index contributed by atoms with van der Waals surface area (Å²) in [6.07, 6.45) is -0.0989. The van der Waals surface area contributed by atoms with Crippen molar-refractivity contribution in [2.45, 2.75) is 13.3 Å². The third-order valence-corrected chi connectivity index (χ3v) is 2.69. The van der Waals surface area contributed by atoms with Crippen LogP contribution in [0.3, 0.4) is 0 Å². The Morgan fingerprint density at radius 1 is 1.17 bits per heavy atom. The molecule has 0 aromatic heterocycles. The molecular formula is C13H12N2O3. The van der Waals surface area contributed by atoms with Gasteiger partial charge in [-0.3, -0.25) is 19.7 Å². The van der Waals surface area contributed by atoms with Crippen LogP contribution in [-0.2, 0) is 14.4 Å². The second-order valence-electron chi connectivity index (χ2n) is 3.98. The van der Waals surface area contributed by atoms with Gasteiger partial charge >= 0.3 is 0 Å². The maximum absolute atomic E-state index is 11.7. The molecule has 0 atom stereocenters. The molecule has 2 N–H and O–H groups in total. The first-order valence-corrected chi connectivity index (χ1v) is 5.48. The van der Waals surface area contributed by atoms with Gasteiger partial charge in [0, 0.05) is 16.8 Å². The van der Waals surface area contributed by atoms with Crippen LogP contribution in [0.5, 0.6) is 0 Å². The first kappa shape index (κ1) is 12.0. The van der Waals surface area contributed by atoms with E-state index in [1.165, 1.54) is 6.92 Å². The van der Waals surface area contributed by atoms with Crippen molar-refractivity contribution in [3.8, 4) is 0 Å². The average Bonchev–Trinajstić information content (AvgIpc) is 2.57. The van der Waals surface area contributed by atoms with E-state index in [1.54, 1.807) is 24.3 Å². The second kappa shape index (κ2) is 4.83. The Morgan fingerprint density at radius 2 is 1.83 bits per heavy atom. The molecule has 0 spiro atoms. The lowest BCUT2D eigenvalue weighted by atomic mass is 10.1. The minimum absolute atomic E-state index is 0.0989. The normalized spacial score (nSPS) is 14.7. The second-order valence-corrected chi connectivity index (χ2v) is 3.98. The maximum Gasteiger partial charge on any atom is 0.255 e. The van der Waals surface area contributed by atoms with Crippen molar-refractivity contribution < 1.29 is 14.4 Å². The molecule has 1 aromatic rings. The number of carbonyl (C=O) groups excluding carboxylic acids is 3. The van der Waals surface area contributed by atoms with Crippen LogP contribution in [0.1, 0.15) is 13.3 Å². The number of para-hydroxylation sites is 1. The molecule has 18 heavy (non-hydrogen) atoms. The zero-order chi connectivity index (χ0) is 13.1. The number of hydrogen-bond donors (Lipinski definition) is 2. The van der Waals surface area contributed by atoms with E-state index in [0.717, 1.165) is 0 Å². The van der Waals surface area contributed by atoms with Crippen LogP contribution >= 0.6 is 0 Å². The molecule has 2 rings (SSSR count). The maximum atomic E-state index is 11.7. The highest BCUT2D eigenvalue weighted by atomic mass is 16.2. The van der Waals surface area contributed by atoms with Crippen LogP contribution < -0.4 is 10.6 Å². The number of hydrogen-bond acceptors (Lipinski definition) is 3. The number of anilines is 1. The summed E-state index contributed by atoms with van der Waals surface area (Å²) < 4.78 is 0. The molecule has 0 fully saturated rings. The molecule has 3 amide bonds. The summed E-state index contributed by atoms with van der Waals surface area (Å²) in [5.74, 6) is -1.23. The summed E-state index contributed by atoms with van der Waals surface area (Å²) in [6.45, 7) is 1.53. The standard InChI is InChI=1S/C13H12N2O3/c1-8-10(13(18)15-12(8)17)7-11(16)14-9-5-3-2-4-6-9/h2-6H,7H2,1H3,(H,14,16)(H,15,17,18). The van der Waals surface area contributed by atoms with Gasteiger partial charge in [0.15, 0.2) is 0 Å². The molecule has 0 radical (unpaired) electrons. The van der Waals surface area contributed by atoms with Gasteiger partial charge in [-0.05, 0) is 19.1 Å². The van der Waals surface area contributed by atoms with Gasteiger partial charge < -0.3 is 5.32 Å². The van der Waals surface area contributed by atoms with E-state index in [4.69, 9.17) is 0 Å². The predicted octanol–water partition coefficient (Wildman–Crippen LogP) is 0.988. The van der Waals surface area contributed by atoms with Gasteiger partial charge in [0.2, 0.25) is 5.91 Å². The Kier molecular flexibility index (Phi) is 3.23. The average molecular weight is 244 g/mol. The van der Waals surface area contributed by atoms with Gasteiger partial charge in [-0.25, -0.2) is 0 Å². The summed E-state index contributed by atoms with van der Waals surface area (Å²) in [7, 11) is 0. The zero-order valence-corrected chi connectivity index (χ0v) is 9.82. The van der Waals surface area contributed by atoms with E-state index in [1.807, 2.05) is 6.07 Å². The van der Waals surface area contributed by atoms with Gasteiger partial charge in [-0.2, -0.15) is 0 Å². The summed E-state index contributed by atoms with van der Waals surface area (Å²) in [5, 5.41) is 4.81.